The van der Waals surface area contributed by atoms with E-state index in [1.54, 1.807) is 0 Å². The predicted molar refractivity (Wildman–Crippen MR) is 74.9 cm³/mol. The lowest BCUT2D eigenvalue weighted by Crippen LogP contribution is -2.14. The van der Waals surface area contributed by atoms with E-state index >= 15 is 0 Å². The number of nitrogens with one attached hydrogen (secondary N) is 1. The Morgan fingerprint density at radius 3 is 2.65 bits per heavy atom. The van der Waals surface area contributed by atoms with Crippen LogP contribution in [0.2, 0.25) is 0 Å². The zero-order chi connectivity index (χ0) is 12.2. The van der Waals surface area contributed by atoms with Crippen LogP contribution in [0.5, 0.6) is 0 Å². The van der Waals surface area contributed by atoms with Gasteiger partial charge in [-0.05, 0) is 43.5 Å². The fraction of sp³-hybridized carbons (Fsp3) is 0.438. The van der Waals surface area contributed by atoms with Crippen molar-refractivity contribution in [1.29, 1.82) is 0 Å². The highest BCUT2D eigenvalue weighted by molar-refractivity contribution is 5.14. The van der Waals surface area contributed by atoms with E-state index in [1.165, 1.54) is 18.4 Å². The summed E-state index contributed by atoms with van der Waals surface area (Å²) in [5.74, 6) is 0. The van der Waals surface area contributed by atoms with E-state index in [-0.39, 0.29) is 0 Å². The maximum absolute atomic E-state index is 3.45. The van der Waals surface area contributed by atoms with Crippen molar-refractivity contribution in [2.75, 3.05) is 6.54 Å². The van der Waals surface area contributed by atoms with Crippen molar-refractivity contribution >= 4 is 0 Å². The van der Waals surface area contributed by atoms with Crippen LogP contribution < -0.4 is 5.32 Å². The summed E-state index contributed by atoms with van der Waals surface area (Å²) in [5.41, 5.74) is 4.57. The summed E-state index contributed by atoms with van der Waals surface area (Å²) in [7, 11) is 0. The fourth-order valence-electron chi connectivity index (χ4n) is 1.55. The van der Waals surface area contributed by atoms with E-state index in [2.05, 4.69) is 60.5 Å². The summed E-state index contributed by atoms with van der Waals surface area (Å²) in [4.78, 5) is 0. The normalized spacial score (nSPS) is 9.71. The van der Waals surface area contributed by atoms with Gasteiger partial charge in [-0.25, -0.2) is 0 Å². The highest BCUT2D eigenvalue weighted by atomic mass is 14.8. The van der Waals surface area contributed by atoms with Crippen molar-refractivity contribution in [3.8, 4) is 0 Å². The molecule has 0 fully saturated rings. The third-order valence-corrected chi connectivity index (χ3v) is 2.54. The SMILES string of the molecule is CCCC=C=CCCCNCc1ccccc1. The Morgan fingerprint density at radius 2 is 1.88 bits per heavy atom. The van der Waals surface area contributed by atoms with Gasteiger partial charge in [0.05, 0.1) is 0 Å². The quantitative estimate of drug-likeness (QED) is 0.523. The summed E-state index contributed by atoms with van der Waals surface area (Å²) in [5, 5.41) is 3.45. The van der Waals surface area contributed by atoms with Gasteiger partial charge in [0.15, 0.2) is 0 Å². The molecule has 0 unspecified atom stereocenters. The molecular formula is C16H23N. The molecule has 1 aromatic rings. The highest BCUT2D eigenvalue weighted by Gasteiger charge is 1.89. The second-order valence-corrected chi connectivity index (χ2v) is 4.17. The predicted octanol–water partition coefficient (Wildman–Crippen LogP) is 4.07. The summed E-state index contributed by atoms with van der Waals surface area (Å²) in [6.45, 7) is 4.22. The molecule has 17 heavy (non-hydrogen) atoms. The molecule has 0 spiro atoms. The van der Waals surface area contributed by atoms with Crippen molar-refractivity contribution in [2.45, 2.75) is 39.2 Å². The molecule has 0 aliphatic carbocycles. The first-order valence-electron chi connectivity index (χ1n) is 6.57. The molecule has 0 amide bonds. The van der Waals surface area contributed by atoms with Crippen LogP contribution in [-0.2, 0) is 6.54 Å². The Bertz CT molecular complexity index is 334. The summed E-state index contributed by atoms with van der Waals surface area (Å²) >= 11 is 0. The molecule has 0 aliphatic heterocycles. The van der Waals surface area contributed by atoms with Gasteiger partial charge in [-0.2, -0.15) is 0 Å². The molecule has 1 aromatic carbocycles. The van der Waals surface area contributed by atoms with Gasteiger partial charge in [0, 0.05) is 6.54 Å². The van der Waals surface area contributed by atoms with E-state index in [0.717, 1.165) is 25.9 Å². The van der Waals surface area contributed by atoms with E-state index in [0.29, 0.717) is 0 Å². The molecule has 0 radical (unpaired) electrons. The van der Waals surface area contributed by atoms with E-state index < -0.39 is 0 Å². The van der Waals surface area contributed by atoms with Crippen LogP contribution in [0.3, 0.4) is 0 Å². The molecule has 0 saturated heterocycles. The molecular weight excluding hydrogens is 206 g/mol. The minimum atomic E-state index is 0.968. The number of allylic oxidation sites excluding steroid dienone is 1. The Kier molecular flexibility index (Phi) is 8.01. The van der Waals surface area contributed by atoms with Gasteiger partial charge in [-0.1, -0.05) is 43.7 Å². The maximum atomic E-state index is 3.45. The average Bonchev–Trinajstić information content (AvgIpc) is 2.38. The van der Waals surface area contributed by atoms with Crippen LogP contribution in [0.25, 0.3) is 0 Å². The van der Waals surface area contributed by atoms with Gasteiger partial charge in [0.25, 0.3) is 0 Å². The van der Waals surface area contributed by atoms with Gasteiger partial charge in [0.2, 0.25) is 0 Å². The summed E-state index contributed by atoms with van der Waals surface area (Å²) in [6, 6.07) is 10.5. The molecule has 1 heteroatoms. The first-order chi connectivity index (χ1) is 8.43. The second kappa shape index (κ2) is 9.89. The van der Waals surface area contributed by atoms with Crippen LogP contribution in [0.4, 0.5) is 0 Å². The molecule has 0 aliphatic rings. The Balaban J connectivity index is 2.00. The lowest BCUT2D eigenvalue weighted by molar-refractivity contribution is 0.655. The van der Waals surface area contributed by atoms with Crippen LogP contribution in [-0.4, -0.2) is 6.54 Å². The average molecular weight is 229 g/mol. The summed E-state index contributed by atoms with van der Waals surface area (Å²) in [6.07, 6.45) is 8.90. The third-order valence-electron chi connectivity index (χ3n) is 2.54. The standard InChI is InChI=1S/C16H23N/c1-2-3-4-5-6-7-11-14-17-15-16-12-9-8-10-13-16/h4,6,8-10,12-13,17H,2-3,7,11,14-15H2,1H3. The highest BCUT2D eigenvalue weighted by Crippen LogP contribution is 1.97. The molecule has 1 N–H and O–H groups in total. The molecule has 0 atom stereocenters. The number of rotatable bonds is 8. The number of benzene rings is 1. The lowest BCUT2D eigenvalue weighted by Gasteiger charge is -2.02. The topological polar surface area (TPSA) is 12.0 Å². The smallest absolute Gasteiger partial charge is 0.0205 e. The fourth-order valence-corrected chi connectivity index (χ4v) is 1.55. The van der Waals surface area contributed by atoms with Crippen molar-refractivity contribution in [3.63, 3.8) is 0 Å². The largest absolute Gasteiger partial charge is 0.313 e. The Hall–Kier alpha value is -1.30. The van der Waals surface area contributed by atoms with Crippen molar-refractivity contribution in [3.05, 3.63) is 53.8 Å². The van der Waals surface area contributed by atoms with E-state index in [9.17, 15) is 0 Å². The number of hydrogen-bond acceptors (Lipinski definition) is 1. The van der Waals surface area contributed by atoms with Crippen LogP contribution in [0.1, 0.15) is 38.2 Å². The number of unbranched alkanes of at least 4 members (excludes halogenated alkanes) is 2. The Labute approximate surface area is 105 Å². The van der Waals surface area contributed by atoms with Crippen LogP contribution in [0.15, 0.2) is 48.2 Å². The molecule has 0 bridgehead atoms. The summed E-state index contributed by atoms with van der Waals surface area (Å²) < 4.78 is 0. The first-order valence-corrected chi connectivity index (χ1v) is 6.57. The van der Waals surface area contributed by atoms with Gasteiger partial charge in [0.1, 0.15) is 0 Å². The zero-order valence-electron chi connectivity index (χ0n) is 10.8. The molecule has 1 nitrogen and oxygen atoms in total. The third kappa shape index (κ3) is 7.57. The lowest BCUT2D eigenvalue weighted by atomic mass is 10.2. The van der Waals surface area contributed by atoms with Crippen LogP contribution in [0, 0.1) is 0 Å². The molecule has 0 heterocycles. The molecule has 0 saturated carbocycles. The minimum Gasteiger partial charge on any atom is -0.313 e. The van der Waals surface area contributed by atoms with Gasteiger partial charge < -0.3 is 5.32 Å². The Morgan fingerprint density at radius 1 is 1.12 bits per heavy atom. The van der Waals surface area contributed by atoms with Gasteiger partial charge in [-0.15, -0.1) is 5.73 Å². The number of hydrogen-bond donors (Lipinski definition) is 1. The molecule has 92 valence electrons. The van der Waals surface area contributed by atoms with Crippen molar-refractivity contribution in [2.24, 2.45) is 0 Å². The molecule has 1 rings (SSSR count). The van der Waals surface area contributed by atoms with Gasteiger partial charge in [-0.3, -0.25) is 0 Å². The van der Waals surface area contributed by atoms with E-state index in [1.807, 2.05) is 0 Å². The molecule has 0 aromatic heterocycles. The minimum absolute atomic E-state index is 0.968. The van der Waals surface area contributed by atoms with Crippen LogP contribution >= 0.6 is 0 Å². The zero-order valence-corrected chi connectivity index (χ0v) is 10.8. The first kappa shape index (κ1) is 13.8. The van der Waals surface area contributed by atoms with Crippen molar-refractivity contribution < 1.29 is 0 Å². The van der Waals surface area contributed by atoms with Gasteiger partial charge >= 0.3 is 0 Å². The maximum Gasteiger partial charge on any atom is 0.0205 e. The van der Waals surface area contributed by atoms with E-state index in [4.69, 9.17) is 0 Å². The monoisotopic (exact) mass is 229 g/mol. The van der Waals surface area contributed by atoms with Crippen molar-refractivity contribution in [1.82, 2.24) is 5.32 Å². The second-order valence-electron chi connectivity index (χ2n) is 4.17.